The van der Waals surface area contributed by atoms with Gasteiger partial charge in [0.2, 0.25) is 0 Å². The molecule has 2 aromatic heterocycles. The molecule has 0 N–H and O–H groups in total. The van der Waals surface area contributed by atoms with E-state index < -0.39 is 9.84 Å². The van der Waals surface area contributed by atoms with E-state index in [1.807, 2.05) is 71.6 Å². The summed E-state index contributed by atoms with van der Waals surface area (Å²) in [6.07, 6.45) is 2.36. The van der Waals surface area contributed by atoms with Crippen molar-refractivity contribution in [1.82, 2.24) is 24.2 Å². The average molecular weight is 478 g/mol. The van der Waals surface area contributed by atoms with Crippen molar-refractivity contribution in [3.05, 3.63) is 77.4 Å². The predicted octanol–water partition coefficient (Wildman–Crippen LogP) is 3.47. The number of benzene rings is 2. The van der Waals surface area contributed by atoms with Crippen LogP contribution in [0.3, 0.4) is 0 Å². The van der Waals surface area contributed by atoms with E-state index in [9.17, 15) is 13.2 Å². The number of carbonyl (C=O) groups excluding carboxylic acids is 1. The molecule has 0 radical (unpaired) electrons. The number of hydrogen-bond acceptors (Lipinski definition) is 5. The van der Waals surface area contributed by atoms with E-state index in [1.54, 1.807) is 18.3 Å². The smallest absolute Gasteiger partial charge is 0.253 e. The number of para-hydroxylation sites is 2. The van der Waals surface area contributed by atoms with Gasteiger partial charge in [-0.15, -0.1) is 0 Å². The third kappa shape index (κ3) is 4.00. The van der Waals surface area contributed by atoms with E-state index >= 15 is 0 Å². The van der Waals surface area contributed by atoms with Crippen LogP contribution in [0, 0.1) is 13.8 Å². The maximum atomic E-state index is 13.1. The van der Waals surface area contributed by atoms with Crippen LogP contribution in [0.4, 0.5) is 0 Å². The first-order valence-electron chi connectivity index (χ1n) is 11.3. The SMILES string of the molecule is Cc1nn(C2CCS(=O)(=O)C2)c(C)c1CN(C)C(=O)c1ccc(-n2cnc3ccccc32)cc1. The number of aromatic nitrogens is 4. The topological polar surface area (TPSA) is 90.1 Å². The molecule has 1 aliphatic rings. The highest BCUT2D eigenvalue weighted by molar-refractivity contribution is 7.91. The lowest BCUT2D eigenvalue weighted by molar-refractivity contribution is 0.0784. The summed E-state index contributed by atoms with van der Waals surface area (Å²) in [5, 5.41) is 4.61. The second-order valence-electron chi connectivity index (χ2n) is 8.96. The number of amides is 1. The van der Waals surface area contributed by atoms with E-state index in [1.165, 1.54) is 0 Å². The van der Waals surface area contributed by atoms with Crippen LogP contribution in [0.1, 0.15) is 39.8 Å². The summed E-state index contributed by atoms with van der Waals surface area (Å²) in [6.45, 7) is 4.26. The monoisotopic (exact) mass is 477 g/mol. The molecule has 3 heterocycles. The molecule has 0 bridgehead atoms. The second kappa shape index (κ2) is 8.39. The number of carbonyl (C=O) groups is 1. The average Bonchev–Trinajstić information content (AvgIpc) is 3.49. The number of aryl methyl sites for hydroxylation is 1. The number of rotatable bonds is 5. The Bertz CT molecular complexity index is 1480. The number of hydrogen-bond donors (Lipinski definition) is 0. The second-order valence-corrected chi connectivity index (χ2v) is 11.2. The Morgan fingerprint density at radius 1 is 1.12 bits per heavy atom. The number of nitrogens with zero attached hydrogens (tertiary/aromatic N) is 5. The van der Waals surface area contributed by atoms with Gasteiger partial charge in [-0.1, -0.05) is 12.1 Å². The Balaban J connectivity index is 1.33. The highest BCUT2D eigenvalue weighted by Gasteiger charge is 2.31. The van der Waals surface area contributed by atoms with Gasteiger partial charge in [0, 0.05) is 36.1 Å². The van der Waals surface area contributed by atoms with Crippen molar-refractivity contribution < 1.29 is 13.2 Å². The summed E-state index contributed by atoms with van der Waals surface area (Å²) >= 11 is 0. The van der Waals surface area contributed by atoms with Crippen molar-refractivity contribution in [2.45, 2.75) is 32.9 Å². The minimum Gasteiger partial charge on any atom is -0.337 e. The molecule has 5 rings (SSSR count). The fourth-order valence-corrected chi connectivity index (χ4v) is 6.40. The maximum absolute atomic E-state index is 13.1. The van der Waals surface area contributed by atoms with Crippen LogP contribution >= 0.6 is 0 Å². The molecular weight excluding hydrogens is 450 g/mol. The molecule has 1 amide bonds. The fourth-order valence-electron chi connectivity index (χ4n) is 4.71. The van der Waals surface area contributed by atoms with Gasteiger partial charge in [-0.2, -0.15) is 5.10 Å². The number of imidazole rings is 1. The minimum atomic E-state index is -3.00. The van der Waals surface area contributed by atoms with Gasteiger partial charge in [0.25, 0.3) is 5.91 Å². The number of fused-ring (bicyclic) bond motifs is 1. The summed E-state index contributed by atoms with van der Waals surface area (Å²) < 4.78 is 27.6. The largest absolute Gasteiger partial charge is 0.337 e. The Kier molecular flexibility index (Phi) is 5.51. The molecule has 1 aliphatic heterocycles. The van der Waals surface area contributed by atoms with Gasteiger partial charge < -0.3 is 4.90 Å². The fraction of sp³-hybridized carbons (Fsp3) is 0.320. The molecule has 4 aromatic rings. The molecular formula is C25H27N5O3S. The zero-order valence-electron chi connectivity index (χ0n) is 19.5. The van der Waals surface area contributed by atoms with E-state index in [0.29, 0.717) is 18.5 Å². The minimum absolute atomic E-state index is 0.0861. The third-order valence-electron chi connectivity index (χ3n) is 6.62. The van der Waals surface area contributed by atoms with Gasteiger partial charge in [0.05, 0.1) is 34.3 Å². The first-order valence-corrected chi connectivity index (χ1v) is 13.1. The van der Waals surface area contributed by atoms with Gasteiger partial charge in [0.1, 0.15) is 6.33 Å². The molecule has 1 unspecified atom stereocenters. The van der Waals surface area contributed by atoms with Crippen molar-refractivity contribution in [2.75, 3.05) is 18.6 Å². The normalized spacial score (nSPS) is 17.3. The molecule has 1 fully saturated rings. The Morgan fingerprint density at radius 2 is 1.85 bits per heavy atom. The van der Waals surface area contributed by atoms with Gasteiger partial charge in [0.15, 0.2) is 9.84 Å². The molecule has 0 spiro atoms. The first kappa shape index (κ1) is 22.3. The molecule has 2 aromatic carbocycles. The molecule has 0 saturated carbocycles. The zero-order chi connectivity index (χ0) is 24.0. The van der Waals surface area contributed by atoms with Crippen molar-refractivity contribution in [1.29, 1.82) is 0 Å². The van der Waals surface area contributed by atoms with E-state index in [4.69, 9.17) is 0 Å². The van der Waals surface area contributed by atoms with Crippen molar-refractivity contribution in [2.24, 2.45) is 0 Å². The van der Waals surface area contributed by atoms with E-state index in [-0.39, 0.29) is 23.5 Å². The highest BCUT2D eigenvalue weighted by atomic mass is 32.2. The summed E-state index contributed by atoms with van der Waals surface area (Å²) in [5.74, 6) is 0.244. The Hall–Kier alpha value is -3.46. The van der Waals surface area contributed by atoms with Crippen LogP contribution in [-0.2, 0) is 16.4 Å². The first-order chi connectivity index (χ1) is 16.2. The van der Waals surface area contributed by atoms with Crippen LogP contribution in [0.2, 0.25) is 0 Å². The molecule has 1 saturated heterocycles. The lowest BCUT2D eigenvalue weighted by Gasteiger charge is -2.18. The third-order valence-corrected chi connectivity index (χ3v) is 8.37. The van der Waals surface area contributed by atoms with E-state index in [2.05, 4.69) is 10.1 Å². The molecule has 0 aliphatic carbocycles. The summed E-state index contributed by atoms with van der Waals surface area (Å²) in [6, 6.07) is 15.3. The van der Waals surface area contributed by atoms with Crippen LogP contribution < -0.4 is 0 Å². The van der Waals surface area contributed by atoms with Crippen LogP contribution in [0.15, 0.2) is 54.9 Å². The Labute approximate surface area is 198 Å². The van der Waals surface area contributed by atoms with Crippen molar-refractivity contribution in [3.63, 3.8) is 0 Å². The lowest BCUT2D eigenvalue weighted by atomic mass is 10.1. The van der Waals surface area contributed by atoms with Crippen molar-refractivity contribution in [3.8, 4) is 5.69 Å². The van der Waals surface area contributed by atoms with Crippen LogP contribution in [0.25, 0.3) is 16.7 Å². The lowest BCUT2D eigenvalue weighted by Crippen LogP contribution is -2.26. The van der Waals surface area contributed by atoms with Gasteiger partial charge in [-0.3, -0.25) is 14.0 Å². The van der Waals surface area contributed by atoms with Crippen LogP contribution in [-0.4, -0.2) is 57.1 Å². The van der Waals surface area contributed by atoms with Gasteiger partial charge in [-0.25, -0.2) is 13.4 Å². The highest BCUT2D eigenvalue weighted by Crippen LogP contribution is 2.27. The molecule has 34 heavy (non-hydrogen) atoms. The van der Waals surface area contributed by atoms with E-state index in [0.717, 1.165) is 33.7 Å². The maximum Gasteiger partial charge on any atom is 0.253 e. The molecule has 176 valence electrons. The molecule has 1 atom stereocenters. The molecule has 9 heteroatoms. The standard InChI is InChI=1S/C25H27N5O3S/c1-17-22(18(2)30(27-17)21-12-13-34(32,33)15-21)14-28(3)25(31)19-8-10-20(11-9-19)29-16-26-23-6-4-5-7-24(23)29/h4-11,16,21H,12-15H2,1-3H3. The summed E-state index contributed by atoms with van der Waals surface area (Å²) in [5.41, 5.74) is 6.17. The quantitative estimate of drug-likeness (QED) is 0.439. The Morgan fingerprint density at radius 3 is 2.56 bits per heavy atom. The van der Waals surface area contributed by atoms with Crippen molar-refractivity contribution >= 4 is 26.8 Å². The molecule has 8 nitrogen and oxygen atoms in total. The predicted molar refractivity (Wildman–Crippen MR) is 131 cm³/mol. The summed E-state index contributed by atoms with van der Waals surface area (Å²) in [4.78, 5) is 19.2. The van der Waals surface area contributed by atoms with Crippen LogP contribution in [0.5, 0.6) is 0 Å². The number of sulfone groups is 1. The van der Waals surface area contributed by atoms with Gasteiger partial charge >= 0.3 is 0 Å². The zero-order valence-corrected chi connectivity index (χ0v) is 20.3. The summed E-state index contributed by atoms with van der Waals surface area (Å²) in [7, 11) is -1.23. The van der Waals surface area contributed by atoms with Gasteiger partial charge in [-0.05, 0) is 56.7 Å².